The van der Waals surface area contributed by atoms with E-state index in [0.29, 0.717) is 0 Å². The number of nitrogens with zero attached hydrogens (tertiary/aromatic N) is 2. The van der Waals surface area contributed by atoms with Crippen molar-refractivity contribution in [2.24, 2.45) is 7.05 Å². The molecule has 1 heterocycles. The molecule has 0 saturated carbocycles. The minimum atomic E-state index is 0.722. The monoisotopic (exact) mass is 332 g/mol. The summed E-state index contributed by atoms with van der Waals surface area (Å²) in [6.07, 6.45) is 2.03. The van der Waals surface area contributed by atoms with Gasteiger partial charge in [0.1, 0.15) is 11.8 Å². The molecule has 0 aliphatic rings. The lowest BCUT2D eigenvalue weighted by molar-refractivity contribution is 0.415. The molecule has 3 aromatic carbocycles. The van der Waals surface area contributed by atoms with Crippen LogP contribution in [0.4, 0.5) is 0 Å². The molecule has 0 spiro atoms. The number of para-hydroxylation sites is 1. The number of hydrogen-bond donors (Lipinski definition) is 0. The van der Waals surface area contributed by atoms with Gasteiger partial charge < -0.3 is 9.30 Å². The lowest BCUT2D eigenvalue weighted by Crippen LogP contribution is -1.93. The largest absolute Gasteiger partial charge is 0.497 e. The van der Waals surface area contributed by atoms with Crippen LogP contribution in [0.15, 0.2) is 47.4 Å². The standard InChI is InChI=1S/C20H16N2OS/c1-22-17-7-5-4-6-14(17)18-19(22)13-9-8-12(23-2)10-15(13)16(11-21)20(18)24-3/h4-10H,1-3H3. The third-order valence-corrected chi connectivity index (χ3v) is 5.44. The molecule has 4 heteroatoms. The lowest BCUT2D eigenvalue weighted by Gasteiger charge is -2.11. The van der Waals surface area contributed by atoms with E-state index in [1.807, 2.05) is 18.4 Å². The molecule has 0 unspecified atom stereocenters. The van der Waals surface area contributed by atoms with Crippen molar-refractivity contribution in [3.05, 3.63) is 48.0 Å². The Morgan fingerprint density at radius 1 is 1.08 bits per heavy atom. The maximum absolute atomic E-state index is 9.84. The van der Waals surface area contributed by atoms with Gasteiger partial charge in [0, 0.05) is 39.0 Å². The fourth-order valence-corrected chi connectivity index (χ4v) is 4.34. The second-order valence-corrected chi connectivity index (χ2v) is 6.55. The molecule has 24 heavy (non-hydrogen) atoms. The van der Waals surface area contributed by atoms with Crippen LogP contribution < -0.4 is 4.74 Å². The summed E-state index contributed by atoms with van der Waals surface area (Å²) in [7, 11) is 3.74. The van der Waals surface area contributed by atoms with Crippen LogP contribution >= 0.6 is 11.8 Å². The highest BCUT2D eigenvalue weighted by Gasteiger charge is 2.20. The van der Waals surface area contributed by atoms with Crippen molar-refractivity contribution in [1.82, 2.24) is 4.57 Å². The fraction of sp³-hybridized carbons (Fsp3) is 0.150. The number of benzene rings is 3. The third-order valence-electron chi connectivity index (χ3n) is 4.63. The lowest BCUT2D eigenvalue weighted by atomic mass is 10.00. The SMILES string of the molecule is COc1ccc2c(c1)c(C#N)c(SC)c1c3ccccc3n(C)c21. The molecule has 0 amide bonds. The average molecular weight is 332 g/mol. The second kappa shape index (κ2) is 5.47. The molecule has 0 bridgehead atoms. The van der Waals surface area contributed by atoms with Crippen molar-refractivity contribution in [2.75, 3.05) is 13.4 Å². The number of fused-ring (bicyclic) bond motifs is 5. The molecular weight excluding hydrogens is 316 g/mol. The zero-order chi connectivity index (χ0) is 16.8. The maximum Gasteiger partial charge on any atom is 0.119 e. The van der Waals surface area contributed by atoms with Crippen LogP contribution in [0.1, 0.15) is 5.56 Å². The first-order valence-corrected chi connectivity index (χ1v) is 8.88. The first-order chi connectivity index (χ1) is 11.7. The van der Waals surface area contributed by atoms with Crippen LogP contribution in [0, 0.1) is 11.3 Å². The zero-order valence-corrected chi connectivity index (χ0v) is 14.6. The molecule has 0 fully saturated rings. The Morgan fingerprint density at radius 2 is 1.88 bits per heavy atom. The van der Waals surface area contributed by atoms with E-state index in [2.05, 4.69) is 48.0 Å². The maximum atomic E-state index is 9.84. The van der Waals surface area contributed by atoms with Crippen molar-refractivity contribution >= 4 is 44.3 Å². The highest BCUT2D eigenvalue weighted by Crippen LogP contribution is 2.43. The normalized spacial score (nSPS) is 11.2. The highest BCUT2D eigenvalue weighted by molar-refractivity contribution is 7.99. The molecule has 0 atom stereocenters. The van der Waals surface area contributed by atoms with E-state index in [9.17, 15) is 5.26 Å². The molecule has 1 aromatic heterocycles. The van der Waals surface area contributed by atoms with Crippen LogP contribution in [0.5, 0.6) is 5.75 Å². The van der Waals surface area contributed by atoms with Gasteiger partial charge in [-0.05, 0) is 30.5 Å². The highest BCUT2D eigenvalue weighted by atomic mass is 32.2. The van der Waals surface area contributed by atoms with Gasteiger partial charge in [-0.25, -0.2) is 0 Å². The van der Waals surface area contributed by atoms with E-state index < -0.39 is 0 Å². The summed E-state index contributed by atoms with van der Waals surface area (Å²) >= 11 is 1.63. The van der Waals surface area contributed by atoms with Gasteiger partial charge >= 0.3 is 0 Å². The summed E-state index contributed by atoms with van der Waals surface area (Å²) < 4.78 is 7.60. The Morgan fingerprint density at radius 3 is 2.58 bits per heavy atom. The topological polar surface area (TPSA) is 37.9 Å². The third kappa shape index (κ3) is 1.85. The Balaban J connectivity index is 2.38. The van der Waals surface area contributed by atoms with E-state index in [4.69, 9.17) is 4.74 Å². The number of rotatable bonds is 2. The Bertz CT molecular complexity index is 1150. The van der Waals surface area contributed by atoms with Gasteiger partial charge in [0.25, 0.3) is 0 Å². The van der Waals surface area contributed by atoms with Gasteiger partial charge in [-0.3, -0.25) is 0 Å². The summed E-state index contributed by atoms with van der Waals surface area (Å²) in [6, 6.07) is 16.8. The van der Waals surface area contributed by atoms with E-state index in [1.54, 1.807) is 18.9 Å². The van der Waals surface area contributed by atoms with Gasteiger partial charge in [-0.15, -0.1) is 11.8 Å². The fourth-order valence-electron chi connectivity index (χ4n) is 3.56. The molecule has 0 N–H and O–H groups in total. The quantitative estimate of drug-likeness (QED) is 0.480. The summed E-state index contributed by atoms with van der Waals surface area (Å²) in [5.74, 6) is 0.768. The van der Waals surface area contributed by atoms with E-state index >= 15 is 0 Å². The first-order valence-electron chi connectivity index (χ1n) is 7.66. The zero-order valence-electron chi connectivity index (χ0n) is 13.8. The Labute approximate surface area is 144 Å². The van der Waals surface area contributed by atoms with Crippen LogP contribution in [0.25, 0.3) is 32.6 Å². The molecule has 4 rings (SSSR count). The molecule has 0 aliphatic carbocycles. The summed E-state index contributed by atoms with van der Waals surface area (Å²) in [5.41, 5.74) is 3.06. The van der Waals surface area contributed by atoms with Gasteiger partial charge in [-0.1, -0.05) is 18.2 Å². The smallest absolute Gasteiger partial charge is 0.119 e. The molecule has 0 radical (unpaired) electrons. The van der Waals surface area contributed by atoms with E-state index in [-0.39, 0.29) is 0 Å². The minimum Gasteiger partial charge on any atom is -0.497 e. The van der Waals surface area contributed by atoms with Gasteiger partial charge in [0.2, 0.25) is 0 Å². The van der Waals surface area contributed by atoms with Gasteiger partial charge in [-0.2, -0.15) is 5.26 Å². The molecule has 3 nitrogen and oxygen atoms in total. The van der Waals surface area contributed by atoms with Crippen molar-refractivity contribution in [1.29, 1.82) is 5.26 Å². The molecule has 0 aliphatic heterocycles. The Kier molecular flexibility index (Phi) is 3.40. The van der Waals surface area contributed by atoms with E-state index in [0.717, 1.165) is 37.9 Å². The summed E-state index contributed by atoms with van der Waals surface area (Å²) in [6.45, 7) is 0. The van der Waals surface area contributed by atoms with Crippen molar-refractivity contribution in [2.45, 2.75) is 4.90 Å². The van der Waals surface area contributed by atoms with Crippen molar-refractivity contribution < 1.29 is 4.74 Å². The molecular formula is C20H16N2OS. The van der Waals surface area contributed by atoms with E-state index in [1.165, 1.54) is 10.9 Å². The van der Waals surface area contributed by atoms with Crippen LogP contribution in [0.3, 0.4) is 0 Å². The number of aromatic nitrogens is 1. The van der Waals surface area contributed by atoms with Crippen LogP contribution in [-0.2, 0) is 7.05 Å². The number of hydrogen-bond acceptors (Lipinski definition) is 3. The number of aryl methyl sites for hydroxylation is 1. The average Bonchev–Trinajstić information content (AvgIpc) is 2.93. The first kappa shape index (κ1) is 14.9. The predicted molar refractivity (Wildman–Crippen MR) is 101 cm³/mol. The number of nitriles is 1. The predicted octanol–water partition coefficient (Wildman–Crippen LogP) is 5.09. The van der Waals surface area contributed by atoms with Gasteiger partial charge in [0.15, 0.2) is 0 Å². The minimum absolute atomic E-state index is 0.722. The summed E-state index contributed by atoms with van der Waals surface area (Å²) in [4.78, 5) is 1.03. The second-order valence-electron chi connectivity index (χ2n) is 5.73. The van der Waals surface area contributed by atoms with Crippen molar-refractivity contribution in [3.8, 4) is 11.8 Å². The Hall–Kier alpha value is -2.64. The van der Waals surface area contributed by atoms with Crippen LogP contribution in [0.2, 0.25) is 0 Å². The van der Waals surface area contributed by atoms with Crippen molar-refractivity contribution in [3.63, 3.8) is 0 Å². The van der Waals surface area contributed by atoms with Crippen LogP contribution in [-0.4, -0.2) is 17.9 Å². The van der Waals surface area contributed by atoms with Gasteiger partial charge in [0.05, 0.1) is 18.2 Å². The molecule has 0 saturated heterocycles. The number of ether oxygens (including phenoxy) is 1. The number of methoxy groups -OCH3 is 1. The summed E-state index contributed by atoms with van der Waals surface area (Å²) in [5, 5.41) is 14.2. The molecule has 4 aromatic rings. The molecule has 118 valence electrons. The number of thioether (sulfide) groups is 1.